The van der Waals surface area contributed by atoms with Gasteiger partial charge >= 0.3 is 0 Å². The molecular formula is C18H22N2. The van der Waals surface area contributed by atoms with E-state index < -0.39 is 0 Å². The second-order valence-electron chi connectivity index (χ2n) is 5.32. The van der Waals surface area contributed by atoms with Crippen molar-refractivity contribution in [2.24, 2.45) is 0 Å². The van der Waals surface area contributed by atoms with E-state index >= 15 is 0 Å². The third kappa shape index (κ3) is 2.90. The summed E-state index contributed by atoms with van der Waals surface area (Å²) in [6, 6.07) is 14.7. The lowest BCUT2D eigenvalue weighted by molar-refractivity contribution is 0.798. The van der Waals surface area contributed by atoms with E-state index in [4.69, 9.17) is 4.98 Å². The third-order valence-corrected chi connectivity index (χ3v) is 3.57. The van der Waals surface area contributed by atoms with Crippen molar-refractivity contribution in [2.75, 3.05) is 4.90 Å². The Morgan fingerprint density at radius 1 is 1.10 bits per heavy atom. The van der Waals surface area contributed by atoms with Crippen LogP contribution in [-0.4, -0.2) is 11.0 Å². The van der Waals surface area contributed by atoms with Crippen LogP contribution in [0.1, 0.15) is 25.1 Å². The smallest absolute Gasteiger partial charge is 0.136 e. The molecule has 2 rings (SSSR count). The molecule has 104 valence electrons. The lowest BCUT2D eigenvalue weighted by Gasteiger charge is -2.32. The molecule has 0 aliphatic heterocycles. The van der Waals surface area contributed by atoms with Crippen LogP contribution < -0.4 is 4.90 Å². The standard InChI is InChI=1S/C18H22N2/c1-13(2)16(5)20(17-9-7-6-8-10-17)18-14(3)11-12-15(4)19-18/h6-12,16H,1H2,2-5H3. The number of aromatic nitrogens is 1. The van der Waals surface area contributed by atoms with Crippen LogP contribution in [0.15, 0.2) is 54.6 Å². The summed E-state index contributed by atoms with van der Waals surface area (Å²) in [7, 11) is 0. The lowest BCUT2D eigenvalue weighted by atomic mass is 10.1. The van der Waals surface area contributed by atoms with Crippen LogP contribution in [-0.2, 0) is 0 Å². The van der Waals surface area contributed by atoms with Gasteiger partial charge in [0.1, 0.15) is 5.82 Å². The fraction of sp³-hybridized carbons (Fsp3) is 0.278. The second-order valence-corrected chi connectivity index (χ2v) is 5.32. The molecule has 1 aromatic heterocycles. The first-order valence-electron chi connectivity index (χ1n) is 6.94. The second kappa shape index (κ2) is 5.91. The van der Waals surface area contributed by atoms with Crippen molar-refractivity contribution < 1.29 is 0 Å². The normalized spacial score (nSPS) is 12.0. The van der Waals surface area contributed by atoms with Gasteiger partial charge in [-0.25, -0.2) is 4.98 Å². The molecule has 0 aliphatic carbocycles. The average molecular weight is 266 g/mol. The molecular weight excluding hydrogens is 244 g/mol. The van der Waals surface area contributed by atoms with E-state index in [2.05, 4.69) is 62.6 Å². The topological polar surface area (TPSA) is 16.1 Å². The van der Waals surface area contributed by atoms with Crippen LogP contribution >= 0.6 is 0 Å². The zero-order valence-corrected chi connectivity index (χ0v) is 12.7. The zero-order chi connectivity index (χ0) is 14.7. The van der Waals surface area contributed by atoms with Crippen LogP contribution in [0.25, 0.3) is 0 Å². The Morgan fingerprint density at radius 2 is 1.75 bits per heavy atom. The van der Waals surface area contributed by atoms with E-state index in [0.717, 1.165) is 22.8 Å². The molecule has 1 atom stereocenters. The molecule has 2 heteroatoms. The predicted octanol–water partition coefficient (Wildman–Crippen LogP) is 4.80. The molecule has 2 aromatic rings. The van der Waals surface area contributed by atoms with Crippen molar-refractivity contribution in [3.8, 4) is 0 Å². The quantitative estimate of drug-likeness (QED) is 0.739. The molecule has 1 aromatic carbocycles. The minimum Gasteiger partial charge on any atom is -0.319 e. The molecule has 0 aliphatic rings. The van der Waals surface area contributed by atoms with E-state index in [1.807, 2.05) is 19.1 Å². The summed E-state index contributed by atoms with van der Waals surface area (Å²) in [4.78, 5) is 6.99. The molecule has 0 fully saturated rings. The van der Waals surface area contributed by atoms with E-state index in [9.17, 15) is 0 Å². The van der Waals surface area contributed by atoms with Crippen LogP contribution in [0.3, 0.4) is 0 Å². The van der Waals surface area contributed by atoms with Gasteiger partial charge in [0.25, 0.3) is 0 Å². The van der Waals surface area contributed by atoms with Gasteiger partial charge in [-0.15, -0.1) is 0 Å². The van der Waals surface area contributed by atoms with Gasteiger partial charge in [-0.05, 0) is 51.5 Å². The molecule has 0 N–H and O–H groups in total. The summed E-state index contributed by atoms with van der Waals surface area (Å²) in [5, 5.41) is 0. The minimum atomic E-state index is 0.199. The van der Waals surface area contributed by atoms with Gasteiger partial charge in [0.2, 0.25) is 0 Å². The van der Waals surface area contributed by atoms with Crippen molar-refractivity contribution >= 4 is 11.5 Å². The molecule has 2 nitrogen and oxygen atoms in total. The summed E-state index contributed by atoms with van der Waals surface area (Å²) in [5.74, 6) is 1.01. The van der Waals surface area contributed by atoms with Crippen molar-refractivity contribution in [1.29, 1.82) is 0 Å². The summed E-state index contributed by atoms with van der Waals surface area (Å²) in [6.45, 7) is 12.5. The van der Waals surface area contributed by atoms with Gasteiger partial charge in [-0.1, -0.05) is 36.4 Å². The maximum atomic E-state index is 4.74. The summed E-state index contributed by atoms with van der Waals surface area (Å²) in [6.07, 6.45) is 0. The lowest BCUT2D eigenvalue weighted by Crippen LogP contribution is -2.30. The highest BCUT2D eigenvalue weighted by molar-refractivity contribution is 5.65. The highest BCUT2D eigenvalue weighted by atomic mass is 15.2. The highest BCUT2D eigenvalue weighted by Gasteiger charge is 2.20. The Morgan fingerprint density at radius 3 is 2.35 bits per heavy atom. The van der Waals surface area contributed by atoms with Crippen LogP contribution in [0.4, 0.5) is 11.5 Å². The number of para-hydroxylation sites is 1. The van der Waals surface area contributed by atoms with Crippen LogP contribution in [0.2, 0.25) is 0 Å². The molecule has 20 heavy (non-hydrogen) atoms. The first kappa shape index (κ1) is 14.3. The number of aryl methyl sites for hydroxylation is 2. The molecule has 0 spiro atoms. The number of anilines is 2. The van der Waals surface area contributed by atoms with Crippen molar-refractivity contribution in [2.45, 2.75) is 33.7 Å². The number of rotatable bonds is 4. The molecule has 0 saturated carbocycles. The highest BCUT2D eigenvalue weighted by Crippen LogP contribution is 2.30. The molecule has 1 unspecified atom stereocenters. The number of benzene rings is 1. The molecule has 0 amide bonds. The Hall–Kier alpha value is -2.09. The number of pyridine rings is 1. The fourth-order valence-corrected chi connectivity index (χ4v) is 2.19. The van der Waals surface area contributed by atoms with Crippen LogP contribution in [0.5, 0.6) is 0 Å². The SMILES string of the molecule is C=C(C)C(C)N(c1ccccc1)c1nc(C)ccc1C. The Bertz CT molecular complexity index is 602. The minimum absolute atomic E-state index is 0.199. The summed E-state index contributed by atoms with van der Waals surface area (Å²) >= 11 is 0. The third-order valence-electron chi connectivity index (χ3n) is 3.57. The zero-order valence-electron chi connectivity index (χ0n) is 12.7. The first-order chi connectivity index (χ1) is 9.50. The monoisotopic (exact) mass is 266 g/mol. The largest absolute Gasteiger partial charge is 0.319 e. The average Bonchev–Trinajstić information content (AvgIpc) is 2.44. The number of nitrogens with zero attached hydrogens (tertiary/aromatic N) is 2. The van der Waals surface area contributed by atoms with Gasteiger partial charge in [0, 0.05) is 11.4 Å². The van der Waals surface area contributed by atoms with Crippen molar-refractivity contribution in [3.05, 3.63) is 65.9 Å². The Balaban J connectivity index is 2.57. The molecule has 0 saturated heterocycles. The fourth-order valence-electron chi connectivity index (χ4n) is 2.19. The predicted molar refractivity (Wildman–Crippen MR) is 86.6 cm³/mol. The maximum Gasteiger partial charge on any atom is 0.136 e. The molecule has 0 bridgehead atoms. The van der Waals surface area contributed by atoms with Gasteiger partial charge in [0.15, 0.2) is 0 Å². The Labute approximate surface area is 121 Å². The van der Waals surface area contributed by atoms with Crippen molar-refractivity contribution in [3.63, 3.8) is 0 Å². The summed E-state index contributed by atoms with van der Waals surface area (Å²) in [5.41, 5.74) is 4.47. The van der Waals surface area contributed by atoms with Gasteiger partial charge in [-0.2, -0.15) is 0 Å². The number of hydrogen-bond acceptors (Lipinski definition) is 2. The molecule has 0 radical (unpaired) electrons. The van der Waals surface area contributed by atoms with Gasteiger partial charge in [-0.3, -0.25) is 0 Å². The Kier molecular flexibility index (Phi) is 4.23. The van der Waals surface area contributed by atoms with E-state index in [0.29, 0.717) is 0 Å². The van der Waals surface area contributed by atoms with E-state index in [1.54, 1.807) is 0 Å². The number of hydrogen-bond donors (Lipinski definition) is 0. The first-order valence-corrected chi connectivity index (χ1v) is 6.94. The van der Waals surface area contributed by atoms with E-state index in [-0.39, 0.29) is 6.04 Å². The molecule has 1 heterocycles. The van der Waals surface area contributed by atoms with Crippen molar-refractivity contribution in [1.82, 2.24) is 4.98 Å². The maximum absolute atomic E-state index is 4.74. The van der Waals surface area contributed by atoms with Gasteiger partial charge in [0.05, 0.1) is 6.04 Å². The van der Waals surface area contributed by atoms with Crippen LogP contribution in [0, 0.1) is 13.8 Å². The van der Waals surface area contributed by atoms with E-state index in [1.165, 1.54) is 5.56 Å². The summed E-state index contributed by atoms with van der Waals surface area (Å²) < 4.78 is 0. The van der Waals surface area contributed by atoms with Gasteiger partial charge < -0.3 is 4.90 Å².